The molecule has 1 aliphatic heterocycles. The molecule has 5 rings (SSSR count). The quantitative estimate of drug-likeness (QED) is 0.454. The fraction of sp³-hybridized carbons (Fsp3) is 0.350. The molecule has 1 aliphatic rings. The minimum absolute atomic E-state index is 0.0419. The summed E-state index contributed by atoms with van der Waals surface area (Å²) in [5.41, 5.74) is 0.0921. The van der Waals surface area contributed by atoms with Crippen LogP contribution in [0.4, 0.5) is 5.95 Å². The first kappa shape index (κ1) is 21.7. The molecule has 0 spiro atoms. The third-order valence-corrected chi connectivity index (χ3v) is 6.44. The number of aliphatic hydroxyl groups is 1. The first-order valence-electron chi connectivity index (χ1n) is 10.1. The molecule has 13 heteroatoms. The molecule has 4 aromatic rings. The number of hydrogen-bond acceptors (Lipinski definition) is 8. The minimum Gasteiger partial charge on any atom is -0.419 e. The van der Waals surface area contributed by atoms with Crippen molar-refractivity contribution in [3.63, 3.8) is 0 Å². The fourth-order valence-corrected chi connectivity index (χ4v) is 4.25. The van der Waals surface area contributed by atoms with Crippen molar-refractivity contribution in [3.8, 4) is 11.5 Å². The van der Waals surface area contributed by atoms with E-state index in [2.05, 4.69) is 15.2 Å². The lowest BCUT2D eigenvalue weighted by molar-refractivity contribution is 0.198. The highest BCUT2D eigenvalue weighted by atomic mass is 35.5. The highest BCUT2D eigenvalue weighted by Crippen LogP contribution is 2.29. The van der Waals surface area contributed by atoms with Crippen LogP contribution in [-0.2, 0) is 20.6 Å². The third kappa shape index (κ3) is 3.62. The van der Waals surface area contributed by atoms with Crippen molar-refractivity contribution >= 4 is 40.3 Å². The average Bonchev–Trinajstić information content (AvgIpc) is 3.52. The molecule has 33 heavy (non-hydrogen) atoms. The molecule has 172 valence electrons. The van der Waals surface area contributed by atoms with Crippen molar-refractivity contribution in [3.05, 3.63) is 55.0 Å². The summed E-state index contributed by atoms with van der Waals surface area (Å²) in [7, 11) is 2.97. The van der Waals surface area contributed by atoms with Crippen molar-refractivity contribution in [2.45, 2.75) is 19.1 Å². The van der Waals surface area contributed by atoms with Gasteiger partial charge in [-0.25, -0.2) is 4.79 Å². The van der Waals surface area contributed by atoms with E-state index in [0.717, 1.165) is 4.57 Å². The van der Waals surface area contributed by atoms with Gasteiger partial charge in [-0.15, -0.1) is 10.2 Å². The Bertz CT molecular complexity index is 1500. The molecule has 1 N–H and O–H groups in total. The first-order valence-corrected chi connectivity index (χ1v) is 10.9. The summed E-state index contributed by atoms with van der Waals surface area (Å²) in [6.45, 7) is 0.952. The summed E-state index contributed by atoms with van der Waals surface area (Å²) < 4.78 is 9.82. The van der Waals surface area contributed by atoms with Gasteiger partial charge < -0.3 is 14.4 Å². The van der Waals surface area contributed by atoms with E-state index in [1.165, 1.54) is 11.6 Å². The number of rotatable bonds is 4. The summed E-state index contributed by atoms with van der Waals surface area (Å²) >= 11 is 12.1. The number of anilines is 1. The highest BCUT2D eigenvalue weighted by molar-refractivity contribution is 6.42. The summed E-state index contributed by atoms with van der Waals surface area (Å²) in [5.74, 6) is 0.910. The van der Waals surface area contributed by atoms with E-state index >= 15 is 0 Å². The van der Waals surface area contributed by atoms with Crippen LogP contribution in [0.3, 0.4) is 0 Å². The molecule has 0 aliphatic carbocycles. The zero-order valence-electron chi connectivity index (χ0n) is 17.7. The lowest BCUT2D eigenvalue weighted by Crippen LogP contribution is -2.37. The van der Waals surface area contributed by atoms with E-state index in [1.54, 1.807) is 29.8 Å². The molecule has 0 saturated carbocycles. The Labute approximate surface area is 196 Å². The van der Waals surface area contributed by atoms with Gasteiger partial charge in [0.25, 0.3) is 5.56 Å². The average molecular weight is 492 g/mol. The van der Waals surface area contributed by atoms with Gasteiger partial charge in [-0.2, -0.15) is 4.98 Å². The Morgan fingerprint density at radius 1 is 1.15 bits per heavy atom. The van der Waals surface area contributed by atoms with Crippen LogP contribution in [-0.4, -0.2) is 53.2 Å². The number of aryl methyl sites for hydroxylation is 1. The minimum atomic E-state index is -0.505. The Morgan fingerprint density at radius 3 is 2.64 bits per heavy atom. The second kappa shape index (κ2) is 8.01. The topological polar surface area (TPSA) is 124 Å². The second-order valence-electron chi connectivity index (χ2n) is 7.89. The van der Waals surface area contributed by atoms with Gasteiger partial charge in [0, 0.05) is 32.7 Å². The van der Waals surface area contributed by atoms with Gasteiger partial charge in [-0.1, -0.05) is 23.2 Å². The number of halogens is 2. The lowest BCUT2D eigenvalue weighted by atomic mass is 10.2. The number of imidazole rings is 1. The Kier molecular flexibility index (Phi) is 5.26. The van der Waals surface area contributed by atoms with Gasteiger partial charge in [0.1, 0.15) is 6.54 Å². The van der Waals surface area contributed by atoms with Gasteiger partial charge in [0.05, 0.1) is 16.1 Å². The summed E-state index contributed by atoms with van der Waals surface area (Å²) in [6, 6.07) is 4.96. The molecular formula is C20H19Cl2N7O4. The highest BCUT2D eigenvalue weighted by Gasteiger charge is 2.28. The van der Waals surface area contributed by atoms with E-state index < -0.39 is 17.4 Å². The van der Waals surface area contributed by atoms with Gasteiger partial charge in [0.2, 0.25) is 17.7 Å². The monoisotopic (exact) mass is 491 g/mol. The van der Waals surface area contributed by atoms with Crippen LogP contribution < -0.4 is 16.1 Å². The summed E-state index contributed by atoms with van der Waals surface area (Å²) in [6.07, 6.45) is 0.0666. The maximum Gasteiger partial charge on any atom is 0.332 e. The molecule has 0 radical (unpaired) electrons. The largest absolute Gasteiger partial charge is 0.419 e. The number of aliphatic hydroxyl groups excluding tert-OH is 1. The zero-order valence-corrected chi connectivity index (χ0v) is 19.2. The van der Waals surface area contributed by atoms with Crippen molar-refractivity contribution < 1.29 is 9.52 Å². The van der Waals surface area contributed by atoms with E-state index in [1.807, 2.05) is 4.90 Å². The molecular weight excluding hydrogens is 473 g/mol. The van der Waals surface area contributed by atoms with Crippen LogP contribution in [0.25, 0.3) is 22.6 Å². The molecule has 1 atom stereocenters. The molecule has 4 heterocycles. The van der Waals surface area contributed by atoms with Crippen LogP contribution in [0.2, 0.25) is 10.0 Å². The molecule has 1 fully saturated rings. The molecule has 1 aromatic carbocycles. The summed E-state index contributed by atoms with van der Waals surface area (Å²) in [4.78, 5) is 31.9. The first-order chi connectivity index (χ1) is 15.7. The van der Waals surface area contributed by atoms with Crippen LogP contribution in [0.5, 0.6) is 0 Å². The number of nitrogens with zero attached hydrogens (tertiary/aromatic N) is 7. The Balaban J connectivity index is 1.63. The number of aromatic nitrogens is 6. The standard InChI is InChI=1S/C20H19Cl2N7O4/c1-26-16-15(18(31)27(2)20(26)32)29(19(23-16)28-6-5-11(30)8-28)9-14-24-25-17(33-14)10-3-4-12(21)13(22)7-10/h3-4,7,11,30H,5-6,8-9H2,1-2H3. The predicted octanol–water partition coefficient (Wildman–Crippen LogP) is 1.41. The smallest absolute Gasteiger partial charge is 0.332 e. The van der Waals surface area contributed by atoms with Gasteiger partial charge in [0.15, 0.2) is 11.2 Å². The third-order valence-electron chi connectivity index (χ3n) is 5.70. The van der Waals surface area contributed by atoms with Crippen molar-refractivity contribution in [2.75, 3.05) is 18.0 Å². The summed E-state index contributed by atoms with van der Waals surface area (Å²) in [5, 5.41) is 19.0. The number of fused-ring (bicyclic) bond motifs is 1. The van der Waals surface area contributed by atoms with Crippen LogP contribution in [0, 0.1) is 0 Å². The van der Waals surface area contributed by atoms with Gasteiger partial charge in [-0.05, 0) is 24.6 Å². The predicted molar refractivity (Wildman–Crippen MR) is 122 cm³/mol. The lowest BCUT2D eigenvalue weighted by Gasteiger charge is -2.17. The van der Waals surface area contributed by atoms with Crippen molar-refractivity contribution in [1.82, 2.24) is 28.9 Å². The number of benzene rings is 1. The van der Waals surface area contributed by atoms with E-state index in [4.69, 9.17) is 27.6 Å². The molecule has 1 saturated heterocycles. The van der Waals surface area contributed by atoms with Gasteiger partial charge >= 0.3 is 5.69 Å². The molecule has 3 aromatic heterocycles. The van der Waals surface area contributed by atoms with E-state index in [0.29, 0.717) is 41.1 Å². The maximum atomic E-state index is 13.0. The van der Waals surface area contributed by atoms with Crippen molar-refractivity contribution in [1.29, 1.82) is 0 Å². The maximum absolute atomic E-state index is 13.0. The van der Waals surface area contributed by atoms with E-state index in [-0.39, 0.29) is 29.5 Å². The fourth-order valence-electron chi connectivity index (χ4n) is 3.95. The Hall–Kier alpha value is -3.15. The van der Waals surface area contributed by atoms with E-state index in [9.17, 15) is 14.7 Å². The zero-order chi connectivity index (χ0) is 23.4. The normalized spacial score (nSPS) is 16.3. The van der Waals surface area contributed by atoms with Crippen LogP contribution in [0.1, 0.15) is 12.3 Å². The molecule has 11 nitrogen and oxygen atoms in total. The van der Waals surface area contributed by atoms with Crippen LogP contribution >= 0.6 is 23.2 Å². The van der Waals surface area contributed by atoms with Gasteiger partial charge in [-0.3, -0.25) is 18.5 Å². The SMILES string of the molecule is Cn1c(=O)c2c(nc(N3CCC(O)C3)n2Cc2nnc(-c3ccc(Cl)c(Cl)c3)o2)n(C)c1=O. The van der Waals surface area contributed by atoms with Crippen LogP contribution in [0.15, 0.2) is 32.2 Å². The Morgan fingerprint density at radius 2 is 1.94 bits per heavy atom. The number of β-amino-alcohol motifs (C(OH)–C–C–N with tert-alkyl or cyclic N) is 1. The second-order valence-corrected chi connectivity index (χ2v) is 8.71. The molecule has 0 bridgehead atoms. The molecule has 0 amide bonds. The molecule has 1 unspecified atom stereocenters. The van der Waals surface area contributed by atoms with Crippen molar-refractivity contribution in [2.24, 2.45) is 14.1 Å². The number of hydrogen-bond donors (Lipinski definition) is 1.